The summed E-state index contributed by atoms with van der Waals surface area (Å²) in [4.78, 5) is 12.8. The van der Waals surface area contributed by atoms with Gasteiger partial charge in [-0.3, -0.25) is 4.79 Å². The fourth-order valence-corrected chi connectivity index (χ4v) is 6.38. The summed E-state index contributed by atoms with van der Waals surface area (Å²) in [5.41, 5.74) is 0.848. The van der Waals surface area contributed by atoms with E-state index in [1.165, 1.54) is 38.5 Å². The fourth-order valence-electron chi connectivity index (χ4n) is 6.19. The first-order chi connectivity index (χ1) is 13.6. The molecule has 4 aliphatic rings. The van der Waals surface area contributed by atoms with Crippen LogP contribution >= 0.6 is 11.6 Å². The predicted octanol–water partition coefficient (Wildman–Crippen LogP) is 4.52. The van der Waals surface area contributed by atoms with Gasteiger partial charge in [0.25, 0.3) is 5.91 Å². The topological polar surface area (TPSA) is 56.2 Å². The Morgan fingerprint density at radius 1 is 1.14 bits per heavy atom. The number of aromatic nitrogens is 2. The number of hydrogen-bond acceptors (Lipinski definition) is 3. The summed E-state index contributed by atoms with van der Waals surface area (Å²) in [5, 5.41) is 8.00. The molecule has 4 fully saturated rings. The molecule has 28 heavy (non-hydrogen) atoms. The summed E-state index contributed by atoms with van der Waals surface area (Å²) in [6.45, 7) is 0.933. The first kappa shape index (κ1) is 18.0. The Morgan fingerprint density at radius 3 is 2.50 bits per heavy atom. The molecule has 0 atom stereocenters. The number of nitrogens with zero attached hydrogens (tertiary/aromatic N) is 2. The summed E-state index contributed by atoms with van der Waals surface area (Å²) in [7, 11) is 0. The Kier molecular flexibility index (Phi) is 4.58. The van der Waals surface area contributed by atoms with Gasteiger partial charge in [-0.25, -0.2) is 4.68 Å². The number of para-hydroxylation sites is 1. The smallest absolute Gasteiger partial charge is 0.269 e. The van der Waals surface area contributed by atoms with Gasteiger partial charge in [0.05, 0.1) is 5.02 Å². The third-order valence-electron chi connectivity index (χ3n) is 6.92. The van der Waals surface area contributed by atoms with E-state index in [9.17, 15) is 4.79 Å². The van der Waals surface area contributed by atoms with Crippen LogP contribution in [0.2, 0.25) is 5.02 Å². The number of halogens is 1. The molecular weight excluding hydrogens is 374 g/mol. The van der Waals surface area contributed by atoms with Gasteiger partial charge < -0.3 is 10.1 Å². The van der Waals surface area contributed by atoms with Gasteiger partial charge in [0.15, 0.2) is 6.73 Å². The lowest BCUT2D eigenvalue weighted by Crippen LogP contribution is -2.51. The van der Waals surface area contributed by atoms with Crippen molar-refractivity contribution in [3.63, 3.8) is 0 Å². The molecule has 1 aromatic carbocycles. The molecule has 0 spiro atoms. The van der Waals surface area contributed by atoms with Crippen LogP contribution in [-0.2, 0) is 6.73 Å². The average molecular weight is 400 g/mol. The van der Waals surface area contributed by atoms with Crippen molar-refractivity contribution in [2.45, 2.75) is 45.3 Å². The van der Waals surface area contributed by atoms with Gasteiger partial charge >= 0.3 is 0 Å². The van der Waals surface area contributed by atoms with E-state index in [4.69, 9.17) is 16.3 Å². The lowest BCUT2D eigenvalue weighted by molar-refractivity contribution is -0.0503. The second-order valence-electron chi connectivity index (χ2n) is 9.02. The molecule has 1 aromatic heterocycles. The van der Waals surface area contributed by atoms with Crippen molar-refractivity contribution in [3.8, 4) is 5.75 Å². The number of rotatable bonds is 6. The minimum absolute atomic E-state index is 0.0731. The summed E-state index contributed by atoms with van der Waals surface area (Å²) in [5.74, 6) is 3.17. The zero-order chi connectivity index (χ0) is 19.1. The van der Waals surface area contributed by atoms with E-state index in [2.05, 4.69) is 10.4 Å². The fraction of sp³-hybridized carbons (Fsp3) is 0.545. The van der Waals surface area contributed by atoms with E-state index in [0.29, 0.717) is 21.9 Å². The van der Waals surface area contributed by atoms with Crippen LogP contribution in [0.3, 0.4) is 0 Å². The molecule has 148 valence electrons. The van der Waals surface area contributed by atoms with Crippen molar-refractivity contribution < 1.29 is 9.53 Å². The van der Waals surface area contributed by atoms with E-state index in [1.807, 2.05) is 12.1 Å². The molecule has 1 heterocycles. The van der Waals surface area contributed by atoms with Gasteiger partial charge in [-0.05, 0) is 79.9 Å². The highest BCUT2D eigenvalue weighted by atomic mass is 35.5. The number of amides is 1. The molecular formula is C22H26ClN3O2. The first-order valence-electron chi connectivity index (χ1n) is 10.3. The number of carbonyl (C=O) groups excluding carboxylic acids is 1. The number of benzene rings is 1. The van der Waals surface area contributed by atoms with Crippen molar-refractivity contribution in [1.29, 1.82) is 0 Å². The van der Waals surface area contributed by atoms with Crippen LogP contribution in [0.15, 0.2) is 36.5 Å². The Bertz CT molecular complexity index is 843. The maximum absolute atomic E-state index is 12.8. The second-order valence-corrected chi connectivity index (χ2v) is 9.43. The molecule has 1 N–H and O–H groups in total. The van der Waals surface area contributed by atoms with Crippen LogP contribution < -0.4 is 10.1 Å². The van der Waals surface area contributed by atoms with Crippen molar-refractivity contribution in [2.24, 2.45) is 23.2 Å². The number of nitrogens with one attached hydrogen (secondary N) is 1. The first-order valence-corrected chi connectivity index (χ1v) is 10.7. The quantitative estimate of drug-likeness (QED) is 0.776. The molecule has 2 aromatic rings. The molecule has 4 saturated carbocycles. The van der Waals surface area contributed by atoms with Crippen molar-refractivity contribution >= 4 is 17.5 Å². The maximum Gasteiger partial charge on any atom is 0.269 e. The van der Waals surface area contributed by atoms with Crippen LogP contribution in [0.5, 0.6) is 5.75 Å². The van der Waals surface area contributed by atoms with Gasteiger partial charge in [0.1, 0.15) is 11.4 Å². The molecule has 0 saturated heterocycles. The van der Waals surface area contributed by atoms with E-state index >= 15 is 0 Å². The molecule has 0 radical (unpaired) electrons. The average Bonchev–Trinajstić information content (AvgIpc) is 3.13. The highest BCUT2D eigenvalue weighted by Crippen LogP contribution is 2.59. The Balaban J connectivity index is 1.22. The van der Waals surface area contributed by atoms with Gasteiger partial charge in [0.2, 0.25) is 0 Å². The van der Waals surface area contributed by atoms with Crippen molar-refractivity contribution in [3.05, 3.63) is 47.2 Å². The van der Waals surface area contributed by atoms with Gasteiger partial charge in [-0.2, -0.15) is 5.10 Å². The van der Waals surface area contributed by atoms with Gasteiger partial charge in [0, 0.05) is 12.7 Å². The summed E-state index contributed by atoms with van der Waals surface area (Å²) >= 11 is 6.13. The van der Waals surface area contributed by atoms with Crippen LogP contribution in [0.1, 0.15) is 49.0 Å². The summed E-state index contributed by atoms with van der Waals surface area (Å²) in [6, 6.07) is 9.04. The Morgan fingerprint density at radius 2 is 1.82 bits per heavy atom. The normalized spacial score (nSPS) is 30.4. The van der Waals surface area contributed by atoms with E-state index in [0.717, 1.165) is 24.3 Å². The van der Waals surface area contributed by atoms with E-state index in [1.54, 1.807) is 29.1 Å². The van der Waals surface area contributed by atoms with E-state index in [-0.39, 0.29) is 12.6 Å². The number of hydrogen-bond donors (Lipinski definition) is 1. The van der Waals surface area contributed by atoms with Crippen LogP contribution in [0.4, 0.5) is 0 Å². The third-order valence-corrected chi connectivity index (χ3v) is 7.23. The van der Waals surface area contributed by atoms with Crippen molar-refractivity contribution in [2.75, 3.05) is 6.54 Å². The second kappa shape index (κ2) is 7.11. The molecule has 4 aliphatic carbocycles. The molecule has 0 unspecified atom stereocenters. The monoisotopic (exact) mass is 399 g/mol. The van der Waals surface area contributed by atoms with Crippen LogP contribution in [0, 0.1) is 23.2 Å². The molecule has 6 heteroatoms. The van der Waals surface area contributed by atoms with Gasteiger partial charge in [-0.1, -0.05) is 23.7 Å². The summed E-state index contributed by atoms with van der Waals surface area (Å²) in [6.07, 6.45) is 9.74. The summed E-state index contributed by atoms with van der Waals surface area (Å²) < 4.78 is 7.32. The minimum Gasteiger partial charge on any atom is -0.470 e. The number of carbonyl (C=O) groups is 1. The lowest BCUT2D eigenvalue weighted by Gasteiger charge is -2.56. The maximum atomic E-state index is 12.8. The highest BCUT2D eigenvalue weighted by Gasteiger charge is 2.50. The van der Waals surface area contributed by atoms with E-state index < -0.39 is 0 Å². The molecule has 4 bridgehead atoms. The third kappa shape index (κ3) is 3.41. The lowest BCUT2D eigenvalue weighted by atomic mass is 9.49. The van der Waals surface area contributed by atoms with Crippen LogP contribution in [-0.4, -0.2) is 22.2 Å². The van der Waals surface area contributed by atoms with Crippen molar-refractivity contribution in [1.82, 2.24) is 15.1 Å². The molecule has 6 rings (SSSR count). The largest absolute Gasteiger partial charge is 0.470 e. The highest BCUT2D eigenvalue weighted by molar-refractivity contribution is 6.32. The Labute approximate surface area is 170 Å². The molecule has 5 nitrogen and oxygen atoms in total. The number of ether oxygens (including phenoxy) is 1. The standard InChI is InChI=1S/C22H26ClN3O2/c23-18-3-1-2-4-20(18)28-14-26-19(5-6-25-26)21(27)24-13-22-10-15-7-16(11-22)9-17(8-15)12-22/h1-6,15-17H,7-14H2,(H,24,27). The zero-order valence-electron chi connectivity index (χ0n) is 15.9. The molecule has 0 aliphatic heterocycles. The zero-order valence-corrected chi connectivity index (χ0v) is 16.7. The SMILES string of the molecule is O=C(NCC12CC3CC(CC(C3)C1)C2)c1ccnn1COc1ccccc1Cl. The van der Waals surface area contributed by atoms with Crippen LogP contribution in [0.25, 0.3) is 0 Å². The predicted molar refractivity (Wildman–Crippen MR) is 107 cm³/mol. The molecule has 1 amide bonds. The van der Waals surface area contributed by atoms with Gasteiger partial charge in [-0.15, -0.1) is 0 Å². The Hall–Kier alpha value is -2.01. The minimum atomic E-state index is -0.0731.